The number of hydrogen-bond donors (Lipinski definition) is 3. The van der Waals surface area contributed by atoms with Gasteiger partial charge in [-0.05, 0) is 35.7 Å². The summed E-state index contributed by atoms with van der Waals surface area (Å²) in [6.45, 7) is 2.80. The average molecular weight is 354 g/mol. The summed E-state index contributed by atoms with van der Waals surface area (Å²) in [6.07, 6.45) is -1.20. The Labute approximate surface area is 150 Å². The van der Waals surface area contributed by atoms with Gasteiger partial charge in [0.1, 0.15) is 17.4 Å². The average Bonchev–Trinajstić information content (AvgIpc) is 2.87. The van der Waals surface area contributed by atoms with Crippen LogP contribution < -0.4 is 15.4 Å². The Bertz CT molecular complexity index is 878. The smallest absolute Gasteiger partial charge is 0.322 e. The number of rotatable bonds is 4. The molecule has 1 fully saturated rings. The normalized spacial score (nSPS) is 20.3. The zero-order valence-electron chi connectivity index (χ0n) is 14.3. The van der Waals surface area contributed by atoms with Crippen molar-refractivity contribution in [2.75, 3.05) is 0 Å². The van der Waals surface area contributed by atoms with E-state index in [0.717, 1.165) is 11.1 Å². The molecule has 0 aliphatic carbocycles. The molecule has 134 valence electrons. The number of esters is 1. The Balaban J connectivity index is 1.84. The highest BCUT2D eigenvalue weighted by atomic mass is 16.5. The van der Waals surface area contributed by atoms with E-state index in [1.807, 2.05) is 6.07 Å². The van der Waals surface area contributed by atoms with Gasteiger partial charge in [0.25, 0.3) is 5.91 Å². The first kappa shape index (κ1) is 17.6. The van der Waals surface area contributed by atoms with E-state index in [1.165, 1.54) is 13.8 Å². The zero-order chi connectivity index (χ0) is 18.9. The van der Waals surface area contributed by atoms with Crippen LogP contribution in [0, 0.1) is 0 Å². The Kier molecular flexibility index (Phi) is 4.48. The first-order valence-electron chi connectivity index (χ1n) is 8.00. The molecule has 3 N–H and O–H groups in total. The summed E-state index contributed by atoms with van der Waals surface area (Å²) < 4.78 is 5.08. The lowest BCUT2D eigenvalue weighted by Crippen LogP contribution is -2.49. The molecule has 0 aromatic heterocycles. The van der Waals surface area contributed by atoms with Gasteiger partial charge in [0.2, 0.25) is 0 Å². The molecule has 7 heteroatoms. The number of nitrogens with one attached hydrogen (secondary N) is 2. The molecule has 3 rings (SSSR count). The monoisotopic (exact) mass is 354 g/mol. The molecule has 2 aromatic rings. The Morgan fingerprint density at radius 2 is 1.81 bits per heavy atom. The highest BCUT2D eigenvalue weighted by Crippen LogP contribution is 2.31. The summed E-state index contributed by atoms with van der Waals surface area (Å²) in [4.78, 5) is 34.4. The van der Waals surface area contributed by atoms with Crippen molar-refractivity contribution in [3.8, 4) is 16.9 Å². The lowest BCUT2D eigenvalue weighted by atomic mass is 9.89. The van der Waals surface area contributed by atoms with Gasteiger partial charge in [-0.2, -0.15) is 0 Å². The molecule has 3 amide bonds. The van der Waals surface area contributed by atoms with E-state index in [0.29, 0.717) is 11.3 Å². The predicted molar refractivity (Wildman–Crippen MR) is 93.2 cm³/mol. The SMILES string of the molecule is CC(=O)Oc1cccc(-c2ccc(C(O)C3(C)NC(=O)NC3=O)cc2)c1. The number of benzene rings is 2. The molecule has 0 bridgehead atoms. The predicted octanol–water partition coefficient (Wildman–Crippen LogP) is 1.91. The largest absolute Gasteiger partial charge is 0.427 e. The Morgan fingerprint density at radius 1 is 1.12 bits per heavy atom. The highest BCUT2D eigenvalue weighted by Gasteiger charge is 2.48. The second-order valence-electron chi connectivity index (χ2n) is 6.26. The second-order valence-corrected chi connectivity index (χ2v) is 6.26. The molecule has 0 radical (unpaired) electrons. The van der Waals surface area contributed by atoms with Crippen LogP contribution in [0.25, 0.3) is 11.1 Å². The first-order chi connectivity index (χ1) is 12.3. The van der Waals surface area contributed by atoms with E-state index in [2.05, 4.69) is 10.6 Å². The molecular weight excluding hydrogens is 336 g/mol. The van der Waals surface area contributed by atoms with Crippen molar-refractivity contribution < 1.29 is 24.2 Å². The van der Waals surface area contributed by atoms with E-state index in [-0.39, 0.29) is 0 Å². The van der Waals surface area contributed by atoms with E-state index in [9.17, 15) is 19.5 Å². The molecule has 2 unspecified atom stereocenters. The number of aliphatic hydroxyl groups is 1. The van der Waals surface area contributed by atoms with Crippen molar-refractivity contribution in [1.29, 1.82) is 0 Å². The van der Waals surface area contributed by atoms with Crippen LogP contribution >= 0.6 is 0 Å². The molecule has 2 aromatic carbocycles. The summed E-state index contributed by atoms with van der Waals surface area (Å²) >= 11 is 0. The molecular formula is C19H18N2O5. The lowest BCUT2D eigenvalue weighted by Gasteiger charge is -2.27. The standard InChI is InChI=1S/C19H18N2O5/c1-11(22)26-15-5-3-4-14(10-15)12-6-8-13(9-7-12)16(23)19(2)17(24)20-18(25)21-19/h3-10,16,23H,1-2H3,(H2,20,21,24,25). The maximum atomic E-state index is 11.9. The van der Waals surface area contributed by atoms with Gasteiger partial charge in [-0.1, -0.05) is 36.4 Å². The summed E-state index contributed by atoms with van der Waals surface area (Å²) in [5.74, 6) is -0.532. The van der Waals surface area contributed by atoms with Gasteiger partial charge in [0.15, 0.2) is 0 Å². The van der Waals surface area contributed by atoms with Gasteiger partial charge in [0.05, 0.1) is 0 Å². The Hall–Kier alpha value is -3.19. The van der Waals surface area contributed by atoms with Crippen LogP contribution in [0.1, 0.15) is 25.5 Å². The fraction of sp³-hybridized carbons (Fsp3) is 0.211. The quantitative estimate of drug-likeness (QED) is 0.442. The zero-order valence-corrected chi connectivity index (χ0v) is 14.3. The number of imide groups is 1. The van der Waals surface area contributed by atoms with Crippen molar-refractivity contribution in [2.45, 2.75) is 25.5 Å². The van der Waals surface area contributed by atoms with Gasteiger partial charge >= 0.3 is 12.0 Å². The molecule has 1 aliphatic heterocycles. The number of aliphatic hydroxyl groups excluding tert-OH is 1. The highest BCUT2D eigenvalue weighted by molar-refractivity contribution is 6.07. The maximum absolute atomic E-state index is 11.9. The third kappa shape index (κ3) is 3.29. The fourth-order valence-corrected chi connectivity index (χ4v) is 2.85. The molecule has 7 nitrogen and oxygen atoms in total. The molecule has 1 heterocycles. The van der Waals surface area contributed by atoms with Crippen LogP contribution in [0.5, 0.6) is 5.75 Å². The molecule has 26 heavy (non-hydrogen) atoms. The first-order valence-corrected chi connectivity index (χ1v) is 8.00. The molecule has 1 aliphatic rings. The van der Waals surface area contributed by atoms with Crippen molar-refractivity contribution in [3.63, 3.8) is 0 Å². The lowest BCUT2D eigenvalue weighted by molar-refractivity contribution is -0.132. The van der Waals surface area contributed by atoms with Crippen LogP contribution in [-0.2, 0) is 9.59 Å². The number of amides is 3. The van der Waals surface area contributed by atoms with E-state index in [1.54, 1.807) is 42.5 Å². The van der Waals surface area contributed by atoms with Crippen molar-refractivity contribution in [2.24, 2.45) is 0 Å². The van der Waals surface area contributed by atoms with Crippen LogP contribution in [-0.4, -0.2) is 28.6 Å². The summed E-state index contributed by atoms with van der Waals surface area (Å²) in [6, 6.07) is 13.4. The number of carbonyl (C=O) groups excluding carboxylic acids is 3. The molecule has 2 atom stereocenters. The van der Waals surface area contributed by atoms with Crippen LogP contribution in [0.2, 0.25) is 0 Å². The van der Waals surface area contributed by atoms with E-state index >= 15 is 0 Å². The van der Waals surface area contributed by atoms with Crippen molar-refractivity contribution >= 4 is 17.9 Å². The van der Waals surface area contributed by atoms with Crippen LogP contribution in [0.3, 0.4) is 0 Å². The molecule has 0 spiro atoms. The summed E-state index contributed by atoms with van der Waals surface area (Å²) in [5.41, 5.74) is 0.751. The minimum atomic E-state index is -1.42. The summed E-state index contributed by atoms with van der Waals surface area (Å²) in [5, 5.41) is 15.1. The number of ether oxygens (including phenoxy) is 1. The number of hydrogen-bond acceptors (Lipinski definition) is 5. The van der Waals surface area contributed by atoms with Gasteiger partial charge < -0.3 is 15.2 Å². The molecule has 0 saturated carbocycles. The van der Waals surface area contributed by atoms with E-state index in [4.69, 9.17) is 4.74 Å². The van der Waals surface area contributed by atoms with E-state index < -0.39 is 29.6 Å². The second kappa shape index (κ2) is 6.61. The van der Waals surface area contributed by atoms with Crippen LogP contribution in [0.4, 0.5) is 4.79 Å². The van der Waals surface area contributed by atoms with Crippen molar-refractivity contribution in [1.82, 2.24) is 10.6 Å². The maximum Gasteiger partial charge on any atom is 0.322 e. The minimum absolute atomic E-state index is 0.397. The number of urea groups is 1. The van der Waals surface area contributed by atoms with Crippen molar-refractivity contribution in [3.05, 3.63) is 54.1 Å². The number of carbonyl (C=O) groups is 3. The third-order valence-corrected chi connectivity index (χ3v) is 4.27. The topological polar surface area (TPSA) is 105 Å². The third-order valence-electron chi connectivity index (χ3n) is 4.27. The van der Waals surface area contributed by atoms with Crippen LogP contribution in [0.15, 0.2) is 48.5 Å². The Morgan fingerprint density at radius 3 is 2.38 bits per heavy atom. The summed E-state index contributed by atoms with van der Waals surface area (Å²) in [7, 11) is 0. The fourth-order valence-electron chi connectivity index (χ4n) is 2.85. The van der Waals surface area contributed by atoms with Gasteiger partial charge in [-0.15, -0.1) is 0 Å². The van der Waals surface area contributed by atoms with Gasteiger partial charge in [-0.3, -0.25) is 14.9 Å². The van der Waals surface area contributed by atoms with Gasteiger partial charge in [-0.25, -0.2) is 4.79 Å². The minimum Gasteiger partial charge on any atom is -0.427 e. The van der Waals surface area contributed by atoms with Gasteiger partial charge in [0, 0.05) is 6.92 Å². The molecule has 1 saturated heterocycles.